The molecule has 4 atom stereocenters. The number of aromatic nitrogens is 3. The number of carbonyl (C=O) groups excluding carboxylic acids is 1. The first-order valence-corrected chi connectivity index (χ1v) is 9.76. The fraction of sp³-hybridized carbons (Fsp3) is 0.632. The maximum absolute atomic E-state index is 12.2. The van der Waals surface area contributed by atoms with E-state index in [1.807, 2.05) is 0 Å². The van der Waals surface area contributed by atoms with E-state index in [0.717, 1.165) is 12.8 Å². The van der Waals surface area contributed by atoms with E-state index in [1.165, 1.54) is 10.8 Å². The van der Waals surface area contributed by atoms with E-state index in [9.17, 15) is 15.0 Å². The van der Waals surface area contributed by atoms with Crippen LogP contribution in [0.25, 0.3) is 5.52 Å². The number of ether oxygens (including phenoxy) is 3. The van der Waals surface area contributed by atoms with Crippen LogP contribution in [-0.4, -0.2) is 68.9 Å². The number of esters is 1. The molecule has 0 aliphatic carbocycles. The Morgan fingerprint density at radius 1 is 1.38 bits per heavy atom. The van der Waals surface area contributed by atoms with Crippen molar-refractivity contribution in [3.05, 3.63) is 24.2 Å². The van der Waals surface area contributed by atoms with Crippen LogP contribution in [0.1, 0.15) is 31.9 Å². The van der Waals surface area contributed by atoms with Crippen molar-refractivity contribution in [2.75, 3.05) is 25.6 Å². The van der Waals surface area contributed by atoms with Crippen molar-refractivity contribution < 1.29 is 29.2 Å². The largest absolute Gasteiger partial charge is 0.463 e. The van der Waals surface area contributed by atoms with Gasteiger partial charge in [0.1, 0.15) is 42.4 Å². The zero-order valence-electron chi connectivity index (χ0n) is 16.2. The number of hydrogen-bond donors (Lipinski definition) is 3. The third kappa shape index (κ3) is 3.68. The molecule has 0 bridgehead atoms. The van der Waals surface area contributed by atoms with Crippen molar-refractivity contribution in [2.24, 2.45) is 5.92 Å². The van der Waals surface area contributed by atoms with Gasteiger partial charge in [-0.3, -0.25) is 4.79 Å². The summed E-state index contributed by atoms with van der Waals surface area (Å²) in [5.41, 5.74) is 5.70. The molecule has 2 aromatic heterocycles. The van der Waals surface area contributed by atoms with Crippen LogP contribution in [0.5, 0.6) is 0 Å². The minimum atomic E-state index is -1.26. The average molecular weight is 406 g/mol. The average Bonchev–Trinajstić information content (AvgIpc) is 3.24. The number of fused-ring (bicyclic) bond motifs is 1. The summed E-state index contributed by atoms with van der Waals surface area (Å²) in [7, 11) is 0. The molecule has 0 saturated carbocycles. The molecule has 0 amide bonds. The summed E-state index contributed by atoms with van der Waals surface area (Å²) in [5.74, 6) is 0.199. The molecule has 4 heterocycles. The van der Waals surface area contributed by atoms with E-state index < -0.39 is 23.9 Å². The van der Waals surface area contributed by atoms with E-state index in [0.29, 0.717) is 36.7 Å². The van der Waals surface area contributed by atoms with Gasteiger partial charge in [0.05, 0.1) is 5.69 Å². The van der Waals surface area contributed by atoms with Crippen molar-refractivity contribution in [3.8, 4) is 0 Å². The lowest BCUT2D eigenvalue weighted by atomic mass is 9.93. The van der Waals surface area contributed by atoms with Crippen molar-refractivity contribution >= 4 is 17.3 Å². The van der Waals surface area contributed by atoms with Gasteiger partial charge in [0.2, 0.25) is 0 Å². The van der Waals surface area contributed by atoms with Crippen LogP contribution in [0.4, 0.5) is 5.82 Å². The van der Waals surface area contributed by atoms with Crippen molar-refractivity contribution in [3.63, 3.8) is 0 Å². The van der Waals surface area contributed by atoms with Crippen molar-refractivity contribution in [1.82, 2.24) is 14.6 Å². The van der Waals surface area contributed by atoms with E-state index in [2.05, 4.69) is 10.1 Å². The van der Waals surface area contributed by atoms with Gasteiger partial charge in [-0.05, 0) is 37.8 Å². The Morgan fingerprint density at radius 2 is 2.14 bits per heavy atom. The Hall–Kier alpha value is -2.27. The third-order valence-electron chi connectivity index (χ3n) is 5.86. The molecular weight excluding hydrogens is 380 g/mol. The number of nitrogen functional groups attached to an aromatic ring is 1. The van der Waals surface area contributed by atoms with Crippen LogP contribution in [0.3, 0.4) is 0 Å². The first-order valence-electron chi connectivity index (χ1n) is 9.76. The van der Waals surface area contributed by atoms with Gasteiger partial charge in [0, 0.05) is 19.6 Å². The molecule has 29 heavy (non-hydrogen) atoms. The van der Waals surface area contributed by atoms with Gasteiger partial charge >= 0.3 is 5.97 Å². The Morgan fingerprint density at radius 3 is 2.90 bits per heavy atom. The van der Waals surface area contributed by atoms with Crippen LogP contribution < -0.4 is 5.73 Å². The van der Waals surface area contributed by atoms with E-state index >= 15 is 0 Å². The molecule has 2 aromatic rings. The van der Waals surface area contributed by atoms with Crippen LogP contribution in [-0.2, 0) is 24.6 Å². The quantitative estimate of drug-likeness (QED) is 0.585. The molecule has 2 aliphatic heterocycles. The number of anilines is 1. The lowest BCUT2D eigenvalue weighted by molar-refractivity contribution is -0.153. The Labute approximate surface area is 167 Å². The first kappa shape index (κ1) is 20.0. The van der Waals surface area contributed by atoms with Gasteiger partial charge < -0.3 is 30.2 Å². The SMILES string of the molecule is C[C@@]1(c2ccc3c(N)ncnn23)O[C@H](COC(=O)CC2CCOCC2)[C@@H](O)[C@H]1O. The summed E-state index contributed by atoms with van der Waals surface area (Å²) in [6, 6.07) is 3.44. The molecular formula is C19H26N4O6. The normalized spacial score (nSPS) is 30.7. The molecule has 158 valence electrons. The molecule has 2 fully saturated rings. The minimum absolute atomic E-state index is 0.143. The molecule has 0 unspecified atom stereocenters. The number of nitrogens with zero attached hydrogens (tertiary/aromatic N) is 3. The van der Waals surface area contributed by atoms with Crippen LogP contribution in [0.15, 0.2) is 18.5 Å². The predicted molar refractivity (Wildman–Crippen MR) is 101 cm³/mol. The monoisotopic (exact) mass is 406 g/mol. The fourth-order valence-corrected chi connectivity index (χ4v) is 4.08. The second-order valence-corrected chi connectivity index (χ2v) is 7.80. The molecule has 2 saturated heterocycles. The number of nitrogens with two attached hydrogens (primary N) is 1. The summed E-state index contributed by atoms with van der Waals surface area (Å²) in [6.45, 7) is 2.83. The molecule has 0 spiro atoms. The highest BCUT2D eigenvalue weighted by Crippen LogP contribution is 2.40. The lowest BCUT2D eigenvalue weighted by Crippen LogP contribution is -2.39. The second kappa shape index (κ2) is 7.86. The van der Waals surface area contributed by atoms with Gasteiger partial charge in [0.25, 0.3) is 0 Å². The maximum atomic E-state index is 12.2. The smallest absolute Gasteiger partial charge is 0.306 e. The highest BCUT2D eigenvalue weighted by atomic mass is 16.6. The molecule has 2 aliphatic rings. The molecule has 4 rings (SSSR count). The standard InChI is InChI=1S/C19H26N4O6/c1-19(14-3-2-12-18(20)21-10-22-23(12)14)17(26)16(25)13(29-19)9-28-15(24)8-11-4-6-27-7-5-11/h2-3,10-11,13,16-17,25-26H,4-9H2,1H3,(H2,20,21,22)/t13-,16-,17-,19+/m1/s1. The Balaban J connectivity index is 1.44. The van der Waals surface area contributed by atoms with Crippen molar-refractivity contribution in [2.45, 2.75) is 50.1 Å². The number of rotatable bonds is 5. The summed E-state index contributed by atoms with van der Waals surface area (Å²) in [4.78, 5) is 16.1. The topological polar surface area (TPSA) is 141 Å². The highest BCUT2D eigenvalue weighted by Gasteiger charge is 2.54. The Bertz CT molecular complexity index is 883. The van der Waals surface area contributed by atoms with Crippen molar-refractivity contribution in [1.29, 1.82) is 0 Å². The van der Waals surface area contributed by atoms with E-state index in [1.54, 1.807) is 19.1 Å². The van der Waals surface area contributed by atoms with Gasteiger partial charge in [-0.2, -0.15) is 5.10 Å². The van der Waals surface area contributed by atoms with Gasteiger partial charge in [-0.15, -0.1) is 0 Å². The van der Waals surface area contributed by atoms with Crippen LogP contribution in [0.2, 0.25) is 0 Å². The van der Waals surface area contributed by atoms with Gasteiger partial charge in [0.15, 0.2) is 5.82 Å². The zero-order valence-corrected chi connectivity index (χ0v) is 16.2. The lowest BCUT2D eigenvalue weighted by Gasteiger charge is -2.27. The van der Waals surface area contributed by atoms with E-state index in [-0.39, 0.29) is 18.5 Å². The summed E-state index contributed by atoms with van der Waals surface area (Å²) < 4.78 is 18.1. The third-order valence-corrected chi connectivity index (χ3v) is 5.86. The molecule has 10 nitrogen and oxygen atoms in total. The molecule has 10 heteroatoms. The number of aliphatic hydroxyl groups is 2. The van der Waals surface area contributed by atoms with Crippen LogP contribution >= 0.6 is 0 Å². The minimum Gasteiger partial charge on any atom is -0.463 e. The second-order valence-electron chi connectivity index (χ2n) is 7.80. The highest BCUT2D eigenvalue weighted by molar-refractivity contribution is 5.69. The predicted octanol–water partition coefficient (Wildman–Crippen LogP) is 0.00720. The molecule has 4 N–H and O–H groups in total. The summed E-state index contributed by atoms with van der Waals surface area (Å²) >= 11 is 0. The van der Waals surface area contributed by atoms with Gasteiger partial charge in [-0.1, -0.05) is 0 Å². The zero-order chi connectivity index (χ0) is 20.6. The van der Waals surface area contributed by atoms with Gasteiger partial charge in [-0.25, -0.2) is 9.50 Å². The molecule has 0 aromatic carbocycles. The maximum Gasteiger partial charge on any atom is 0.306 e. The number of carbonyl (C=O) groups is 1. The number of hydrogen-bond acceptors (Lipinski definition) is 9. The summed E-state index contributed by atoms with van der Waals surface area (Å²) in [5, 5.41) is 25.4. The van der Waals surface area contributed by atoms with E-state index in [4.69, 9.17) is 19.9 Å². The summed E-state index contributed by atoms with van der Waals surface area (Å²) in [6.07, 6.45) is -0.0369. The number of aliphatic hydroxyl groups excluding tert-OH is 2. The molecule has 0 radical (unpaired) electrons. The van der Waals surface area contributed by atoms with Crippen LogP contribution in [0, 0.1) is 5.92 Å². The first-order chi connectivity index (χ1) is 13.9. The Kier molecular flexibility index (Phi) is 5.43. The fourth-order valence-electron chi connectivity index (χ4n) is 4.08.